The molecule has 0 aliphatic rings. The molecule has 1 rings (SSSR count). The van der Waals surface area contributed by atoms with Crippen molar-refractivity contribution in [2.24, 2.45) is 5.73 Å². The Kier molecular flexibility index (Phi) is 4.60. The second kappa shape index (κ2) is 5.75. The van der Waals surface area contributed by atoms with Crippen LogP contribution < -0.4 is 15.2 Å². The van der Waals surface area contributed by atoms with E-state index < -0.39 is 12.0 Å². The van der Waals surface area contributed by atoms with Crippen molar-refractivity contribution in [3.63, 3.8) is 0 Å². The minimum absolute atomic E-state index is 0.133. The molecule has 0 bridgehead atoms. The number of carboxylic acid groups (broad SMARTS) is 1. The van der Waals surface area contributed by atoms with Gasteiger partial charge >= 0.3 is 5.97 Å². The first kappa shape index (κ1) is 13.6. The van der Waals surface area contributed by atoms with Crippen LogP contribution in [0.1, 0.15) is 5.56 Å². The summed E-state index contributed by atoms with van der Waals surface area (Å²) in [6.07, 6.45) is 0.133. The number of benzene rings is 1. The fourth-order valence-corrected chi connectivity index (χ4v) is 1.72. The summed E-state index contributed by atoms with van der Waals surface area (Å²) in [7, 11) is 2.96. The molecule has 0 radical (unpaired) electrons. The SMILES string of the molecule is COc1ccc(C[C@H](N)C(=O)O)c(Cl)c1OC. The molecule has 0 fully saturated rings. The Morgan fingerprint density at radius 2 is 2.12 bits per heavy atom. The molecule has 0 aliphatic carbocycles. The molecule has 0 amide bonds. The Bertz CT molecular complexity index is 422. The van der Waals surface area contributed by atoms with Crippen molar-refractivity contribution in [3.05, 3.63) is 22.7 Å². The van der Waals surface area contributed by atoms with Gasteiger partial charge in [-0.1, -0.05) is 17.7 Å². The number of carboxylic acids is 1. The molecule has 6 heteroatoms. The molecule has 3 N–H and O–H groups in total. The molecule has 5 nitrogen and oxygen atoms in total. The van der Waals surface area contributed by atoms with Crippen LogP contribution >= 0.6 is 11.6 Å². The molecule has 1 atom stereocenters. The minimum atomic E-state index is -1.07. The number of hydrogen-bond acceptors (Lipinski definition) is 4. The summed E-state index contributed by atoms with van der Waals surface area (Å²) in [5.74, 6) is -0.203. The van der Waals surface area contributed by atoms with Gasteiger partial charge in [-0.15, -0.1) is 0 Å². The third-order valence-corrected chi connectivity index (χ3v) is 2.74. The third kappa shape index (κ3) is 3.01. The van der Waals surface area contributed by atoms with E-state index in [9.17, 15) is 4.79 Å². The fraction of sp³-hybridized carbons (Fsp3) is 0.364. The summed E-state index contributed by atoms with van der Waals surface area (Å²) in [5, 5.41) is 9.06. The molecule has 1 aromatic carbocycles. The van der Waals surface area contributed by atoms with Crippen LogP contribution in [0.5, 0.6) is 11.5 Å². The lowest BCUT2D eigenvalue weighted by atomic mass is 10.1. The highest BCUT2D eigenvalue weighted by Crippen LogP contribution is 2.37. The van der Waals surface area contributed by atoms with E-state index in [0.717, 1.165) is 0 Å². The Hall–Kier alpha value is -1.46. The summed E-state index contributed by atoms with van der Waals surface area (Å²) >= 11 is 6.09. The number of halogens is 1. The molecule has 0 saturated heterocycles. The van der Waals surface area contributed by atoms with E-state index in [-0.39, 0.29) is 6.42 Å². The third-order valence-electron chi connectivity index (χ3n) is 2.32. The molecule has 0 unspecified atom stereocenters. The topological polar surface area (TPSA) is 81.8 Å². The van der Waals surface area contributed by atoms with Crippen molar-refractivity contribution < 1.29 is 19.4 Å². The molecular formula is C11H14ClNO4. The molecule has 0 aromatic heterocycles. The van der Waals surface area contributed by atoms with Crippen LogP contribution in [0, 0.1) is 0 Å². The van der Waals surface area contributed by atoms with Crippen molar-refractivity contribution in [1.82, 2.24) is 0 Å². The Morgan fingerprint density at radius 3 is 2.59 bits per heavy atom. The number of methoxy groups -OCH3 is 2. The molecule has 0 saturated carbocycles. The first-order valence-corrected chi connectivity index (χ1v) is 5.26. The molecule has 1 aromatic rings. The first-order chi connectivity index (χ1) is 8.01. The van der Waals surface area contributed by atoms with E-state index in [0.29, 0.717) is 22.1 Å². The Balaban J connectivity index is 3.06. The van der Waals surface area contributed by atoms with Gasteiger partial charge in [0.25, 0.3) is 0 Å². The summed E-state index contributed by atoms with van der Waals surface area (Å²) in [4.78, 5) is 10.7. The monoisotopic (exact) mass is 259 g/mol. The van der Waals surface area contributed by atoms with Crippen molar-refractivity contribution >= 4 is 17.6 Å². The zero-order valence-electron chi connectivity index (χ0n) is 9.57. The zero-order valence-corrected chi connectivity index (χ0v) is 10.3. The number of carbonyl (C=O) groups is 1. The second-order valence-electron chi connectivity index (χ2n) is 3.42. The normalized spacial score (nSPS) is 12.0. The summed E-state index contributed by atoms with van der Waals surface area (Å²) in [6.45, 7) is 0. The van der Waals surface area contributed by atoms with E-state index in [1.165, 1.54) is 14.2 Å². The first-order valence-electron chi connectivity index (χ1n) is 4.89. The van der Waals surface area contributed by atoms with Gasteiger partial charge in [-0.05, 0) is 18.1 Å². The molecule has 94 valence electrons. The van der Waals surface area contributed by atoms with Gasteiger partial charge in [0.15, 0.2) is 11.5 Å². The minimum Gasteiger partial charge on any atom is -0.493 e. The van der Waals surface area contributed by atoms with Gasteiger partial charge in [0.05, 0.1) is 19.2 Å². The van der Waals surface area contributed by atoms with Crippen LogP contribution in [0.3, 0.4) is 0 Å². The quantitative estimate of drug-likeness (QED) is 0.833. The van der Waals surface area contributed by atoms with Crippen molar-refractivity contribution in [2.75, 3.05) is 14.2 Å². The predicted octanol–water partition coefficient (Wildman–Crippen LogP) is 1.31. The Labute approximate surface area is 104 Å². The maximum Gasteiger partial charge on any atom is 0.320 e. The van der Waals surface area contributed by atoms with Crippen LogP contribution in [0.4, 0.5) is 0 Å². The van der Waals surface area contributed by atoms with Gasteiger partial charge in [0.2, 0.25) is 0 Å². The summed E-state index contributed by atoms with van der Waals surface area (Å²) in [5.41, 5.74) is 6.06. The van der Waals surface area contributed by atoms with Gasteiger partial charge in [0, 0.05) is 0 Å². The highest BCUT2D eigenvalue weighted by molar-refractivity contribution is 6.33. The highest BCUT2D eigenvalue weighted by atomic mass is 35.5. The second-order valence-corrected chi connectivity index (χ2v) is 3.80. The van der Waals surface area contributed by atoms with Crippen molar-refractivity contribution in [3.8, 4) is 11.5 Å². The fourth-order valence-electron chi connectivity index (χ4n) is 1.41. The van der Waals surface area contributed by atoms with Gasteiger partial charge in [0.1, 0.15) is 6.04 Å². The zero-order chi connectivity index (χ0) is 13.0. The maximum atomic E-state index is 10.7. The lowest BCUT2D eigenvalue weighted by molar-refractivity contribution is -0.138. The van der Waals surface area contributed by atoms with Crippen molar-refractivity contribution in [2.45, 2.75) is 12.5 Å². The number of ether oxygens (including phenoxy) is 2. The number of rotatable bonds is 5. The lowest BCUT2D eigenvalue weighted by Crippen LogP contribution is -2.32. The molecule has 0 aliphatic heterocycles. The van der Waals surface area contributed by atoms with Crippen LogP contribution in [-0.2, 0) is 11.2 Å². The maximum absolute atomic E-state index is 10.7. The summed E-state index contributed by atoms with van der Waals surface area (Å²) in [6, 6.07) is 2.34. The summed E-state index contributed by atoms with van der Waals surface area (Å²) < 4.78 is 10.2. The predicted molar refractivity (Wildman–Crippen MR) is 63.9 cm³/mol. The van der Waals surface area contributed by atoms with Crippen molar-refractivity contribution in [1.29, 1.82) is 0 Å². The largest absolute Gasteiger partial charge is 0.493 e. The average molecular weight is 260 g/mol. The molecule has 17 heavy (non-hydrogen) atoms. The van der Waals surface area contributed by atoms with Gasteiger partial charge in [-0.3, -0.25) is 4.79 Å². The van der Waals surface area contributed by atoms with Crippen LogP contribution in [0.25, 0.3) is 0 Å². The molecule has 0 spiro atoms. The van der Waals surface area contributed by atoms with E-state index in [2.05, 4.69) is 0 Å². The van der Waals surface area contributed by atoms with Gasteiger partial charge in [-0.2, -0.15) is 0 Å². The smallest absolute Gasteiger partial charge is 0.320 e. The standard InChI is InChI=1S/C11H14ClNO4/c1-16-8-4-3-6(5-7(13)11(14)15)9(12)10(8)17-2/h3-4,7H,5,13H2,1-2H3,(H,14,15)/t7-/m0/s1. The molecular weight excluding hydrogens is 246 g/mol. The highest BCUT2D eigenvalue weighted by Gasteiger charge is 2.18. The van der Waals surface area contributed by atoms with E-state index >= 15 is 0 Å². The van der Waals surface area contributed by atoms with E-state index in [1.807, 2.05) is 0 Å². The number of nitrogens with two attached hydrogens (primary N) is 1. The average Bonchev–Trinajstić information content (AvgIpc) is 2.31. The van der Waals surface area contributed by atoms with Gasteiger partial charge in [-0.25, -0.2) is 0 Å². The van der Waals surface area contributed by atoms with E-state index in [4.69, 9.17) is 31.9 Å². The number of hydrogen-bond donors (Lipinski definition) is 2. The van der Waals surface area contributed by atoms with E-state index in [1.54, 1.807) is 12.1 Å². The molecule has 0 heterocycles. The van der Waals surface area contributed by atoms with Gasteiger partial charge < -0.3 is 20.3 Å². The lowest BCUT2D eigenvalue weighted by Gasteiger charge is -2.14. The van der Waals surface area contributed by atoms with Crippen LogP contribution in [0.2, 0.25) is 5.02 Å². The number of aliphatic carboxylic acids is 1. The van der Waals surface area contributed by atoms with Crippen LogP contribution in [-0.4, -0.2) is 31.3 Å². The van der Waals surface area contributed by atoms with Crippen LogP contribution in [0.15, 0.2) is 12.1 Å². The Morgan fingerprint density at radius 1 is 1.47 bits per heavy atom.